The predicted molar refractivity (Wildman–Crippen MR) is 60.0 cm³/mol. The summed E-state index contributed by atoms with van der Waals surface area (Å²) in [5.41, 5.74) is 2.24. The van der Waals surface area contributed by atoms with Gasteiger partial charge in [-0.3, -0.25) is 0 Å². The number of hydrogen-bond donors (Lipinski definition) is 0. The van der Waals surface area contributed by atoms with Crippen LogP contribution in [0.5, 0.6) is 0 Å². The first-order chi connectivity index (χ1) is 8.22. The van der Waals surface area contributed by atoms with Gasteiger partial charge in [0.2, 0.25) is 0 Å². The molecule has 0 N–H and O–H groups in total. The van der Waals surface area contributed by atoms with Crippen molar-refractivity contribution in [2.45, 2.75) is 13.5 Å². The van der Waals surface area contributed by atoms with Gasteiger partial charge in [0.05, 0.1) is 18.6 Å². The van der Waals surface area contributed by atoms with Gasteiger partial charge < -0.3 is 9.09 Å². The van der Waals surface area contributed by atoms with Crippen molar-refractivity contribution in [3.63, 3.8) is 0 Å². The Kier molecular flexibility index (Phi) is 2.18. The minimum Gasteiger partial charge on any atom is -0.356 e. The molecule has 2 aromatic heterocycles. The second-order valence-electron chi connectivity index (χ2n) is 3.96. The maximum absolute atomic E-state index is 13.1. The van der Waals surface area contributed by atoms with E-state index in [9.17, 15) is 4.39 Å². The van der Waals surface area contributed by atoms with Crippen LogP contribution in [0.4, 0.5) is 4.39 Å². The maximum Gasteiger partial charge on any atom is 0.167 e. The molecule has 0 saturated heterocycles. The molecular formula is C12H10FN3O. The lowest BCUT2D eigenvalue weighted by atomic mass is 10.2. The molecule has 17 heavy (non-hydrogen) atoms. The Hall–Kier alpha value is -2.17. The molecule has 0 radical (unpaired) electrons. The van der Waals surface area contributed by atoms with Crippen LogP contribution in [0.2, 0.25) is 0 Å². The van der Waals surface area contributed by atoms with Crippen molar-refractivity contribution in [1.29, 1.82) is 0 Å². The Bertz CT molecular complexity index is 671. The quantitative estimate of drug-likeness (QED) is 0.680. The van der Waals surface area contributed by atoms with Gasteiger partial charge in [0.15, 0.2) is 5.58 Å². The van der Waals surface area contributed by atoms with Gasteiger partial charge in [-0.2, -0.15) is 0 Å². The molecule has 0 fully saturated rings. The third kappa shape index (κ3) is 1.80. The molecule has 4 nitrogen and oxygen atoms in total. The second kappa shape index (κ2) is 3.69. The van der Waals surface area contributed by atoms with E-state index in [2.05, 4.69) is 10.1 Å². The molecule has 1 aromatic carbocycles. The standard InChI is InChI=1S/C12H10FN3O/c1-8-5-16(7-14-8)6-11-10-4-9(13)2-3-12(10)17-15-11/h2-5,7H,6H2,1H3. The number of halogens is 1. The van der Waals surface area contributed by atoms with Gasteiger partial charge in [-0.1, -0.05) is 5.16 Å². The number of nitrogens with zero attached hydrogens (tertiary/aromatic N) is 3. The normalized spacial score (nSPS) is 11.2. The molecule has 0 saturated carbocycles. The first kappa shape index (κ1) is 10.0. The smallest absolute Gasteiger partial charge is 0.167 e. The van der Waals surface area contributed by atoms with E-state index < -0.39 is 0 Å². The van der Waals surface area contributed by atoms with Crippen LogP contribution in [0.1, 0.15) is 11.4 Å². The summed E-state index contributed by atoms with van der Waals surface area (Å²) in [5, 5.41) is 4.66. The van der Waals surface area contributed by atoms with Gasteiger partial charge in [0.25, 0.3) is 0 Å². The molecule has 0 amide bonds. The summed E-state index contributed by atoms with van der Waals surface area (Å²) >= 11 is 0. The van der Waals surface area contributed by atoms with Crippen molar-refractivity contribution >= 4 is 11.0 Å². The van der Waals surface area contributed by atoms with Gasteiger partial charge in [-0.25, -0.2) is 9.37 Å². The molecule has 2 heterocycles. The molecule has 0 aliphatic carbocycles. The molecule has 0 aliphatic heterocycles. The SMILES string of the molecule is Cc1cn(Cc2noc3ccc(F)cc23)cn1. The van der Waals surface area contributed by atoms with Gasteiger partial charge in [-0.05, 0) is 25.1 Å². The highest BCUT2D eigenvalue weighted by Crippen LogP contribution is 2.20. The lowest BCUT2D eigenvalue weighted by Gasteiger charge is -1.97. The van der Waals surface area contributed by atoms with E-state index >= 15 is 0 Å². The van der Waals surface area contributed by atoms with Crippen molar-refractivity contribution in [3.05, 3.63) is 47.9 Å². The molecule has 0 bridgehead atoms. The first-order valence-corrected chi connectivity index (χ1v) is 5.24. The zero-order chi connectivity index (χ0) is 11.8. The highest BCUT2D eigenvalue weighted by atomic mass is 19.1. The molecule has 0 aliphatic rings. The summed E-state index contributed by atoms with van der Waals surface area (Å²) in [6, 6.07) is 4.38. The zero-order valence-electron chi connectivity index (χ0n) is 9.22. The van der Waals surface area contributed by atoms with E-state index in [4.69, 9.17) is 4.52 Å². The van der Waals surface area contributed by atoms with E-state index in [0.717, 1.165) is 5.69 Å². The first-order valence-electron chi connectivity index (χ1n) is 5.24. The molecular weight excluding hydrogens is 221 g/mol. The van der Waals surface area contributed by atoms with Crippen LogP contribution in [0.15, 0.2) is 35.2 Å². The molecule has 86 valence electrons. The number of aryl methyl sites for hydroxylation is 1. The summed E-state index contributed by atoms with van der Waals surface area (Å²) in [4.78, 5) is 4.13. The van der Waals surface area contributed by atoms with Crippen molar-refractivity contribution in [2.24, 2.45) is 0 Å². The zero-order valence-corrected chi connectivity index (χ0v) is 9.22. The Labute approximate surface area is 96.7 Å². The van der Waals surface area contributed by atoms with Gasteiger partial charge in [-0.15, -0.1) is 0 Å². The fourth-order valence-electron chi connectivity index (χ4n) is 1.81. The maximum atomic E-state index is 13.1. The fraction of sp³-hybridized carbons (Fsp3) is 0.167. The van der Waals surface area contributed by atoms with E-state index in [-0.39, 0.29) is 5.82 Å². The summed E-state index contributed by atoms with van der Waals surface area (Å²) in [6.07, 6.45) is 3.62. The van der Waals surface area contributed by atoms with Crippen LogP contribution in [-0.4, -0.2) is 14.7 Å². The van der Waals surface area contributed by atoms with Gasteiger partial charge >= 0.3 is 0 Å². The average Bonchev–Trinajstić information content (AvgIpc) is 2.87. The van der Waals surface area contributed by atoms with Crippen LogP contribution in [0, 0.1) is 12.7 Å². The Morgan fingerprint density at radius 2 is 2.29 bits per heavy atom. The van der Waals surface area contributed by atoms with E-state index in [1.165, 1.54) is 12.1 Å². The predicted octanol–water partition coefficient (Wildman–Crippen LogP) is 2.52. The Balaban J connectivity index is 2.03. The van der Waals surface area contributed by atoms with E-state index in [1.807, 2.05) is 17.7 Å². The average molecular weight is 231 g/mol. The monoisotopic (exact) mass is 231 g/mol. The molecule has 3 aromatic rings. The number of aromatic nitrogens is 3. The molecule has 0 spiro atoms. The highest BCUT2D eigenvalue weighted by molar-refractivity contribution is 5.79. The van der Waals surface area contributed by atoms with Crippen molar-refractivity contribution < 1.29 is 8.91 Å². The van der Waals surface area contributed by atoms with Crippen molar-refractivity contribution in [2.75, 3.05) is 0 Å². The van der Waals surface area contributed by atoms with Crippen molar-refractivity contribution in [1.82, 2.24) is 14.7 Å². The van der Waals surface area contributed by atoms with Crippen LogP contribution < -0.4 is 0 Å². The molecule has 3 rings (SSSR count). The summed E-state index contributed by atoms with van der Waals surface area (Å²) in [5.74, 6) is -0.288. The molecule has 5 heteroatoms. The van der Waals surface area contributed by atoms with Crippen LogP contribution >= 0.6 is 0 Å². The number of hydrogen-bond acceptors (Lipinski definition) is 3. The van der Waals surface area contributed by atoms with E-state index in [1.54, 1.807) is 12.4 Å². The Morgan fingerprint density at radius 3 is 3.06 bits per heavy atom. The minimum absolute atomic E-state index is 0.288. The summed E-state index contributed by atoms with van der Waals surface area (Å²) < 4.78 is 20.2. The number of benzene rings is 1. The number of imidazole rings is 1. The lowest BCUT2D eigenvalue weighted by Crippen LogP contribution is -1.97. The molecule has 0 atom stereocenters. The van der Waals surface area contributed by atoms with Crippen LogP contribution in [0.3, 0.4) is 0 Å². The largest absolute Gasteiger partial charge is 0.356 e. The van der Waals surface area contributed by atoms with Gasteiger partial charge in [0.1, 0.15) is 11.5 Å². The van der Waals surface area contributed by atoms with Crippen LogP contribution in [0.25, 0.3) is 11.0 Å². The second-order valence-corrected chi connectivity index (χ2v) is 3.96. The van der Waals surface area contributed by atoms with Crippen molar-refractivity contribution in [3.8, 4) is 0 Å². The van der Waals surface area contributed by atoms with E-state index in [0.29, 0.717) is 23.2 Å². The topological polar surface area (TPSA) is 43.9 Å². The summed E-state index contributed by atoms with van der Waals surface area (Å²) in [6.45, 7) is 2.44. The Morgan fingerprint density at radius 1 is 1.41 bits per heavy atom. The minimum atomic E-state index is -0.288. The highest BCUT2D eigenvalue weighted by Gasteiger charge is 2.09. The van der Waals surface area contributed by atoms with Gasteiger partial charge in [0, 0.05) is 11.6 Å². The third-order valence-electron chi connectivity index (χ3n) is 2.60. The lowest BCUT2D eigenvalue weighted by molar-refractivity contribution is 0.443. The summed E-state index contributed by atoms with van der Waals surface area (Å²) in [7, 11) is 0. The van der Waals surface area contributed by atoms with Crippen LogP contribution in [-0.2, 0) is 6.54 Å². The third-order valence-corrected chi connectivity index (χ3v) is 2.60. The number of fused-ring (bicyclic) bond motifs is 1. The molecule has 0 unspecified atom stereocenters. The number of rotatable bonds is 2. The fourth-order valence-corrected chi connectivity index (χ4v) is 1.81.